The highest BCUT2D eigenvalue weighted by Crippen LogP contribution is 2.35. The van der Waals surface area contributed by atoms with Crippen LogP contribution in [0.1, 0.15) is 36.8 Å². The summed E-state index contributed by atoms with van der Waals surface area (Å²) in [6.45, 7) is 1.44. The van der Waals surface area contributed by atoms with Crippen LogP contribution >= 0.6 is 0 Å². The fraction of sp³-hybridized carbons (Fsp3) is 0.467. The van der Waals surface area contributed by atoms with E-state index in [9.17, 15) is 19.0 Å². The van der Waals surface area contributed by atoms with E-state index in [4.69, 9.17) is 9.47 Å². The average molecular weight is 512 g/mol. The number of aliphatic hydroxyl groups is 2. The van der Waals surface area contributed by atoms with E-state index in [-0.39, 0.29) is 24.4 Å². The molecule has 7 heteroatoms. The van der Waals surface area contributed by atoms with Gasteiger partial charge in [-0.15, -0.1) is 0 Å². The van der Waals surface area contributed by atoms with E-state index in [1.54, 1.807) is 12.1 Å². The molecule has 0 spiro atoms. The van der Waals surface area contributed by atoms with E-state index >= 15 is 0 Å². The summed E-state index contributed by atoms with van der Waals surface area (Å²) < 4.78 is 39.6. The number of hydrogen-bond acceptors (Lipinski definition) is 5. The highest BCUT2D eigenvalue weighted by atomic mass is 19.1. The molecule has 0 aromatic heterocycles. The van der Waals surface area contributed by atoms with Gasteiger partial charge in [0, 0.05) is 32.0 Å². The molecule has 1 aliphatic carbocycles. The Morgan fingerprint density at radius 1 is 1.00 bits per heavy atom. The third-order valence-electron chi connectivity index (χ3n) is 7.63. The van der Waals surface area contributed by atoms with E-state index in [1.165, 1.54) is 18.2 Å². The third-order valence-corrected chi connectivity index (χ3v) is 7.63. The van der Waals surface area contributed by atoms with Crippen LogP contribution in [-0.4, -0.2) is 59.3 Å². The van der Waals surface area contributed by atoms with Crippen molar-refractivity contribution in [3.05, 3.63) is 89.0 Å². The molecule has 0 saturated carbocycles. The Kier molecular flexibility index (Phi) is 8.23. The second-order valence-corrected chi connectivity index (χ2v) is 10.4. The van der Waals surface area contributed by atoms with Gasteiger partial charge in [0.15, 0.2) is 0 Å². The topological polar surface area (TPSA) is 62.2 Å². The Morgan fingerprint density at radius 3 is 2.62 bits per heavy atom. The van der Waals surface area contributed by atoms with Gasteiger partial charge in [0.2, 0.25) is 0 Å². The molecule has 5 atom stereocenters. The smallest absolute Gasteiger partial charge is 0.126 e. The number of aliphatic hydroxyl groups excluding tert-OH is 2. The fourth-order valence-corrected chi connectivity index (χ4v) is 5.63. The molecular weight excluding hydrogens is 476 g/mol. The molecule has 2 heterocycles. The van der Waals surface area contributed by atoms with Gasteiger partial charge in [-0.2, -0.15) is 0 Å². The zero-order valence-electron chi connectivity index (χ0n) is 20.9. The molecule has 5 unspecified atom stereocenters. The molecule has 2 aromatic rings. The van der Waals surface area contributed by atoms with Crippen LogP contribution in [0.3, 0.4) is 0 Å². The molecule has 2 aliphatic heterocycles. The number of hydrogen-bond donors (Lipinski definition) is 2. The molecule has 5 rings (SSSR count). The molecule has 0 amide bonds. The van der Waals surface area contributed by atoms with Gasteiger partial charge in [-0.25, -0.2) is 8.78 Å². The summed E-state index contributed by atoms with van der Waals surface area (Å²) in [5, 5.41) is 21.5. The van der Waals surface area contributed by atoms with Crippen molar-refractivity contribution in [1.29, 1.82) is 0 Å². The summed E-state index contributed by atoms with van der Waals surface area (Å²) in [7, 11) is 0. The Bertz CT molecular complexity index is 1120. The first-order chi connectivity index (χ1) is 18.0. The molecule has 2 N–H and O–H groups in total. The Balaban J connectivity index is 1.27. The van der Waals surface area contributed by atoms with Gasteiger partial charge in [-0.1, -0.05) is 30.3 Å². The monoisotopic (exact) mass is 511 g/mol. The van der Waals surface area contributed by atoms with Crippen molar-refractivity contribution >= 4 is 0 Å². The molecule has 3 aliphatic rings. The molecule has 37 heavy (non-hydrogen) atoms. The predicted octanol–water partition coefficient (Wildman–Crippen LogP) is 4.72. The van der Waals surface area contributed by atoms with Crippen molar-refractivity contribution in [3.63, 3.8) is 0 Å². The molecule has 0 saturated heterocycles. The fourth-order valence-electron chi connectivity index (χ4n) is 5.63. The van der Waals surface area contributed by atoms with Crippen LogP contribution in [-0.2, 0) is 17.7 Å². The first-order valence-electron chi connectivity index (χ1n) is 13.2. The largest absolute Gasteiger partial charge is 0.490 e. The summed E-state index contributed by atoms with van der Waals surface area (Å²) in [6.07, 6.45) is 4.07. The van der Waals surface area contributed by atoms with Gasteiger partial charge >= 0.3 is 0 Å². The van der Waals surface area contributed by atoms with Gasteiger partial charge in [0.1, 0.15) is 41.8 Å². The van der Waals surface area contributed by atoms with Crippen LogP contribution in [0.2, 0.25) is 0 Å². The molecular formula is C30H35F2NO4. The maximum absolute atomic E-state index is 13.8. The summed E-state index contributed by atoms with van der Waals surface area (Å²) in [5.41, 5.74) is 2.94. The molecule has 0 radical (unpaired) electrons. The Morgan fingerprint density at radius 2 is 1.81 bits per heavy atom. The van der Waals surface area contributed by atoms with Crippen LogP contribution in [0, 0.1) is 11.7 Å². The summed E-state index contributed by atoms with van der Waals surface area (Å²) >= 11 is 0. The number of ether oxygens (including phenoxy) is 2. The first kappa shape index (κ1) is 25.9. The maximum atomic E-state index is 13.8. The van der Waals surface area contributed by atoms with Crippen molar-refractivity contribution in [1.82, 2.24) is 4.90 Å². The van der Waals surface area contributed by atoms with E-state index in [1.807, 2.05) is 30.3 Å². The number of nitrogens with zero attached hydrogens (tertiary/aromatic N) is 1. The Hall–Kier alpha value is -2.74. The van der Waals surface area contributed by atoms with Crippen molar-refractivity contribution in [2.75, 3.05) is 19.7 Å². The minimum absolute atomic E-state index is 0.0526. The summed E-state index contributed by atoms with van der Waals surface area (Å²) in [4.78, 5) is 2.14. The number of aryl methyl sites for hydroxylation is 1. The lowest BCUT2D eigenvalue weighted by atomic mass is 9.89. The summed E-state index contributed by atoms with van der Waals surface area (Å²) in [6, 6.07) is 14.5. The molecule has 0 fully saturated rings. The number of benzene rings is 2. The van der Waals surface area contributed by atoms with E-state index < -0.39 is 18.4 Å². The van der Waals surface area contributed by atoms with Crippen LogP contribution in [0.15, 0.2) is 72.0 Å². The normalized spacial score (nSPS) is 24.6. The zero-order valence-corrected chi connectivity index (χ0v) is 20.9. The molecule has 0 bridgehead atoms. The van der Waals surface area contributed by atoms with Crippen LogP contribution < -0.4 is 4.74 Å². The highest BCUT2D eigenvalue weighted by Gasteiger charge is 2.33. The number of halogens is 2. The van der Waals surface area contributed by atoms with E-state index in [0.29, 0.717) is 44.6 Å². The second kappa shape index (κ2) is 11.8. The van der Waals surface area contributed by atoms with Gasteiger partial charge in [0.05, 0.1) is 6.61 Å². The zero-order chi connectivity index (χ0) is 25.8. The minimum atomic E-state index is -0.955. The standard InChI is InChI=1S/C30H35F2NO4/c31-24-8-12-27-21(14-24)6-10-29(36-27)23(19-34)17-33(16-20-4-2-1-3-5-20)18-26(35)30-11-7-22-15-25(32)9-13-28(22)37-30/h1-5,8-9,12-13,15,23-24,26,29-30,34-35H,6-7,10-11,14,16-19H2. The molecule has 198 valence electrons. The maximum Gasteiger partial charge on any atom is 0.126 e. The van der Waals surface area contributed by atoms with Crippen molar-refractivity contribution in [2.45, 2.75) is 63.1 Å². The van der Waals surface area contributed by atoms with Gasteiger partial charge in [-0.3, -0.25) is 4.90 Å². The SMILES string of the molecule is OCC(CN(Cc1ccccc1)CC(O)C1CCc2cc(F)ccc2O1)C1CCC2=C(C=CC(F)C2)O1. The van der Waals surface area contributed by atoms with Gasteiger partial charge < -0.3 is 19.7 Å². The molecule has 5 nitrogen and oxygen atoms in total. The second-order valence-electron chi connectivity index (χ2n) is 10.4. The Labute approximate surface area is 217 Å². The van der Waals surface area contributed by atoms with Crippen LogP contribution in [0.5, 0.6) is 5.75 Å². The minimum Gasteiger partial charge on any atom is -0.490 e. The molecule has 2 aromatic carbocycles. The lowest BCUT2D eigenvalue weighted by Gasteiger charge is -2.37. The lowest BCUT2D eigenvalue weighted by molar-refractivity contribution is -0.0239. The summed E-state index contributed by atoms with van der Waals surface area (Å²) in [5.74, 6) is 0.906. The number of alkyl halides is 1. The lowest BCUT2D eigenvalue weighted by Crippen LogP contribution is -2.46. The highest BCUT2D eigenvalue weighted by molar-refractivity contribution is 5.36. The quantitative estimate of drug-likeness (QED) is 0.510. The van der Waals surface area contributed by atoms with Crippen LogP contribution in [0.4, 0.5) is 8.78 Å². The van der Waals surface area contributed by atoms with Gasteiger partial charge in [-0.05, 0) is 72.7 Å². The average Bonchev–Trinajstić information content (AvgIpc) is 2.91. The number of rotatable bonds is 9. The van der Waals surface area contributed by atoms with E-state index in [0.717, 1.165) is 35.3 Å². The van der Waals surface area contributed by atoms with Crippen molar-refractivity contribution in [2.24, 2.45) is 5.92 Å². The number of allylic oxidation sites excluding steroid dienone is 3. The van der Waals surface area contributed by atoms with Crippen molar-refractivity contribution in [3.8, 4) is 5.75 Å². The van der Waals surface area contributed by atoms with Crippen molar-refractivity contribution < 1.29 is 28.5 Å². The predicted molar refractivity (Wildman–Crippen MR) is 137 cm³/mol. The van der Waals surface area contributed by atoms with E-state index in [2.05, 4.69) is 4.90 Å². The van der Waals surface area contributed by atoms with Gasteiger partial charge in [0.25, 0.3) is 0 Å². The first-order valence-corrected chi connectivity index (χ1v) is 13.2. The van der Waals surface area contributed by atoms with Crippen LogP contribution in [0.25, 0.3) is 0 Å². The number of fused-ring (bicyclic) bond motifs is 1. The third kappa shape index (κ3) is 6.40.